The SMILES string of the molecule is CCCC(CN)C(=O)Nc1ccc(C)cc1[N+](=O)[O-]. The lowest BCUT2D eigenvalue weighted by molar-refractivity contribution is -0.384. The van der Waals surface area contributed by atoms with Crippen LogP contribution in [0, 0.1) is 23.0 Å². The molecule has 1 atom stereocenters. The first-order chi connectivity index (χ1) is 8.99. The Labute approximate surface area is 112 Å². The molecule has 0 aromatic heterocycles. The van der Waals surface area contributed by atoms with Crippen molar-refractivity contribution >= 4 is 17.3 Å². The summed E-state index contributed by atoms with van der Waals surface area (Å²) >= 11 is 0. The van der Waals surface area contributed by atoms with Gasteiger partial charge in [0.2, 0.25) is 5.91 Å². The van der Waals surface area contributed by atoms with Crippen molar-refractivity contribution in [2.45, 2.75) is 26.7 Å². The maximum absolute atomic E-state index is 12.0. The Bertz CT molecular complexity index is 474. The highest BCUT2D eigenvalue weighted by Crippen LogP contribution is 2.26. The number of nitrogens with one attached hydrogen (secondary N) is 1. The number of amides is 1. The number of rotatable bonds is 6. The van der Waals surface area contributed by atoms with Crippen LogP contribution in [0.1, 0.15) is 25.3 Å². The number of carbonyl (C=O) groups is 1. The van der Waals surface area contributed by atoms with E-state index in [1.54, 1.807) is 19.1 Å². The Kier molecular flexibility index (Phi) is 5.44. The van der Waals surface area contributed by atoms with E-state index in [-0.39, 0.29) is 29.7 Å². The number of nitrogens with two attached hydrogens (primary N) is 1. The van der Waals surface area contributed by atoms with Crippen molar-refractivity contribution < 1.29 is 9.72 Å². The lowest BCUT2D eigenvalue weighted by Gasteiger charge is -2.14. The second-order valence-electron chi connectivity index (χ2n) is 4.49. The standard InChI is InChI=1S/C13H19N3O3/c1-3-4-10(8-14)13(17)15-11-6-5-9(2)7-12(11)16(18)19/h5-7,10H,3-4,8,14H2,1-2H3,(H,15,17). The van der Waals surface area contributed by atoms with Gasteiger partial charge in [-0.2, -0.15) is 0 Å². The van der Waals surface area contributed by atoms with Gasteiger partial charge in [-0.15, -0.1) is 0 Å². The minimum atomic E-state index is -0.500. The quantitative estimate of drug-likeness (QED) is 0.608. The first-order valence-corrected chi connectivity index (χ1v) is 6.25. The molecule has 104 valence electrons. The molecule has 1 aromatic rings. The van der Waals surface area contributed by atoms with E-state index in [1.165, 1.54) is 6.07 Å². The average molecular weight is 265 g/mol. The van der Waals surface area contributed by atoms with Crippen LogP contribution < -0.4 is 11.1 Å². The highest BCUT2D eigenvalue weighted by atomic mass is 16.6. The largest absolute Gasteiger partial charge is 0.330 e. The fourth-order valence-corrected chi connectivity index (χ4v) is 1.84. The maximum atomic E-state index is 12.0. The molecule has 0 saturated heterocycles. The van der Waals surface area contributed by atoms with Gasteiger partial charge in [0.15, 0.2) is 0 Å². The van der Waals surface area contributed by atoms with Crippen molar-refractivity contribution in [3.8, 4) is 0 Å². The molecule has 1 amide bonds. The summed E-state index contributed by atoms with van der Waals surface area (Å²) in [5.74, 6) is -0.581. The molecule has 0 aliphatic rings. The summed E-state index contributed by atoms with van der Waals surface area (Å²) in [5, 5.41) is 13.5. The zero-order valence-corrected chi connectivity index (χ0v) is 11.2. The van der Waals surface area contributed by atoms with Crippen LogP contribution in [-0.4, -0.2) is 17.4 Å². The van der Waals surface area contributed by atoms with Crippen LogP contribution >= 0.6 is 0 Å². The number of nitro groups is 1. The first-order valence-electron chi connectivity index (χ1n) is 6.25. The van der Waals surface area contributed by atoms with Crippen molar-refractivity contribution in [1.29, 1.82) is 0 Å². The van der Waals surface area contributed by atoms with E-state index in [0.717, 1.165) is 12.0 Å². The topological polar surface area (TPSA) is 98.3 Å². The summed E-state index contributed by atoms with van der Waals surface area (Å²) in [6.45, 7) is 3.96. The van der Waals surface area contributed by atoms with Gasteiger partial charge in [-0.05, 0) is 25.0 Å². The summed E-state index contributed by atoms with van der Waals surface area (Å²) in [7, 11) is 0. The highest BCUT2D eigenvalue weighted by Gasteiger charge is 2.20. The van der Waals surface area contributed by atoms with Crippen LogP contribution in [-0.2, 0) is 4.79 Å². The van der Waals surface area contributed by atoms with Gasteiger partial charge in [0.1, 0.15) is 5.69 Å². The van der Waals surface area contributed by atoms with Crippen molar-refractivity contribution in [2.75, 3.05) is 11.9 Å². The summed E-state index contributed by atoms with van der Waals surface area (Å²) in [6.07, 6.45) is 1.51. The molecular formula is C13H19N3O3. The molecule has 1 aromatic carbocycles. The molecule has 0 fully saturated rings. The normalized spacial score (nSPS) is 11.9. The first kappa shape index (κ1) is 15.1. The third-order valence-corrected chi connectivity index (χ3v) is 2.90. The molecule has 0 heterocycles. The minimum Gasteiger partial charge on any atom is -0.330 e. The summed E-state index contributed by atoms with van der Waals surface area (Å²) in [5.41, 5.74) is 6.43. The third kappa shape index (κ3) is 4.03. The van der Waals surface area contributed by atoms with Gasteiger partial charge in [-0.25, -0.2) is 0 Å². The number of nitro benzene ring substituents is 1. The Balaban J connectivity index is 2.92. The smallest absolute Gasteiger partial charge is 0.293 e. The number of anilines is 1. The fourth-order valence-electron chi connectivity index (χ4n) is 1.84. The zero-order chi connectivity index (χ0) is 14.4. The lowest BCUT2D eigenvalue weighted by atomic mass is 10.0. The molecule has 0 aliphatic heterocycles. The summed E-state index contributed by atoms with van der Waals surface area (Å²) in [6, 6.07) is 4.71. The molecule has 0 saturated carbocycles. The van der Waals surface area contributed by atoms with Gasteiger partial charge in [0.25, 0.3) is 5.69 Å². The second kappa shape index (κ2) is 6.84. The number of aryl methyl sites for hydroxylation is 1. The van der Waals surface area contributed by atoms with Crippen molar-refractivity contribution in [2.24, 2.45) is 11.7 Å². The minimum absolute atomic E-state index is 0.0966. The molecule has 0 spiro atoms. The van der Waals surface area contributed by atoms with Gasteiger partial charge < -0.3 is 11.1 Å². The average Bonchev–Trinajstić information content (AvgIpc) is 2.37. The Hall–Kier alpha value is -1.95. The van der Waals surface area contributed by atoms with E-state index in [4.69, 9.17) is 5.73 Å². The van der Waals surface area contributed by atoms with E-state index in [1.807, 2.05) is 6.92 Å². The van der Waals surface area contributed by atoms with Gasteiger partial charge in [-0.1, -0.05) is 19.4 Å². The van der Waals surface area contributed by atoms with Crippen molar-refractivity contribution in [3.63, 3.8) is 0 Å². The van der Waals surface area contributed by atoms with E-state index in [0.29, 0.717) is 6.42 Å². The van der Waals surface area contributed by atoms with E-state index in [9.17, 15) is 14.9 Å². The summed E-state index contributed by atoms with van der Waals surface area (Å²) < 4.78 is 0. The van der Waals surface area contributed by atoms with Gasteiger partial charge in [0, 0.05) is 12.6 Å². The van der Waals surface area contributed by atoms with Crippen LogP contribution in [0.3, 0.4) is 0 Å². The number of nitrogens with zero attached hydrogens (tertiary/aromatic N) is 1. The maximum Gasteiger partial charge on any atom is 0.293 e. The molecule has 0 bridgehead atoms. The zero-order valence-electron chi connectivity index (χ0n) is 11.2. The number of benzene rings is 1. The van der Waals surface area contributed by atoms with Crippen LogP contribution in [0.5, 0.6) is 0 Å². The molecule has 0 aliphatic carbocycles. The Morgan fingerprint density at radius 3 is 2.74 bits per heavy atom. The predicted molar refractivity (Wildman–Crippen MR) is 73.9 cm³/mol. The van der Waals surface area contributed by atoms with Crippen LogP contribution in [0.2, 0.25) is 0 Å². The molecule has 0 radical (unpaired) electrons. The molecule has 1 rings (SSSR count). The van der Waals surface area contributed by atoms with E-state index in [2.05, 4.69) is 5.32 Å². The Morgan fingerprint density at radius 2 is 2.21 bits per heavy atom. The van der Waals surface area contributed by atoms with Gasteiger partial charge >= 0.3 is 0 Å². The van der Waals surface area contributed by atoms with E-state index < -0.39 is 4.92 Å². The van der Waals surface area contributed by atoms with Crippen molar-refractivity contribution in [1.82, 2.24) is 0 Å². The summed E-state index contributed by atoms with van der Waals surface area (Å²) in [4.78, 5) is 22.4. The molecule has 1 unspecified atom stereocenters. The van der Waals surface area contributed by atoms with Gasteiger partial charge in [-0.3, -0.25) is 14.9 Å². The lowest BCUT2D eigenvalue weighted by Crippen LogP contribution is -2.29. The number of carbonyl (C=O) groups excluding carboxylic acids is 1. The predicted octanol–water partition coefficient (Wildman–Crippen LogP) is 2.22. The molecule has 3 N–H and O–H groups in total. The molecule has 19 heavy (non-hydrogen) atoms. The monoisotopic (exact) mass is 265 g/mol. The number of hydrogen-bond acceptors (Lipinski definition) is 4. The van der Waals surface area contributed by atoms with E-state index >= 15 is 0 Å². The molecule has 6 nitrogen and oxygen atoms in total. The fraction of sp³-hybridized carbons (Fsp3) is 0.462. The molecular weight excluding hydrogens is 246 g/mol. The second-order valence-corrected chi connectivity index (χ2v) is 4.49. The Morgan fingerprint density at radius 1 is 1.53 bits per heavy atom. The molecule has 6 heteroatoms. The number of hydrogen-bond donors (Lipinski definition) is 2. The van der Waals surface area contributed by atoms with Crippen LogP contribution in [0.15, 0.2) is 18.2 Å². The van der Waals surface area contributed by atoms with Crippen LogP contribution in [0.25, 0.3) is 0 Å². The van der Waals surface area contributed by atoms with Crippen molar-refractivity contribution in [3.05, 3.63) is 33.9 Å². The third-order valence-electron chi connectivity index (χ3n) is 2.90. The highest BCUT2D eigenvalue weighted by molar-refractivity contribution is 5.94. The van der Waals surface area contributed by atoms with Crippen LogP contribution in [0.4, 0.5) is 11.4 Å². The van der Waals surface area contributed by atoms with Gasteiger partial charge in [0.05, 0.1) is 10.8 Å².